The molecule has 0 saturated carbocycles. The maximum atomic E-state index is 13.9. The third-order valence-electron chi connectivity index (χ3n) is 4.39. The smallest absolute Gasteiger partial charge is 0.434 e. The molecule has 2 atom stereocenters. The van der Waals surface area contributed by atoms with Gasteiger partial charge in [0.2, 0.25) is 10.0 Å². The van der Waals surface area contributed by atoms with Crippen molar-refractivity contribution in [2.75, 3.05) is 13.1 Å². The predicted octanol–water partition coefficient (Wildman–Crippen LogP) is 3.16. The molecule has 31 heavy (non-hydrogen) atoms. The Morgan fingerprint density at radius 1 is 1.23 bits per heavy atom. The highest BCUT2D eigenvalue weighted by atomic mass is 35.5. The Kier molecular flexibility index (Phi) is 7.82. The summed E-state index contributed by atoms with van der Waals surface area (Å²) in [6.45, 7) is -0.345. The van der Waals surface area contributed by atoms with Crippen molar-refractivity contribution in [2.24, 2.45) is 5.92 Å². The van der Waals surface area contributed by atoms with E-state index in [2.05, 4.69) is 14.8 Å². The molecule has 2 N–H and O–H groups in total. The highest BCUT2D eigenvalue weighted by Gasteiger charge is 2.60. The standard InChI is InChI=1S/C16H16ClF7N2O4S/c17-9-2-1-3-11(12(9)18)31(28,29)26-7-8-4-5-25-10(6-8)13(27)30-14(15(19,20)21)16(22,23)24/h1-3,8,10,14,25-26H,4-7H2. The molecule has 1 fully saturated rings. The van der Waals surface area contributed by atoms with Gasteiger partial charge >= 0.3 is 18.3 Å². The molecule has 1 aliphatic rings. The van der Waals surface area contributed by atoms with Gasteiger partial charge in [0.1, 0.15) is 10.9 Å². The number of halogens is 8. The van der Waals surface area contributed by atoms with E-state index in [9.17, 15) is 43.9 Å². The van der Waals surface area contributed by atoms with Crippen LogP contribution in [0, 0.1) is 11.7 Å². The zero-order valence-electron chi connectivity index (χ0n) is 15.4. The van der Waals surface area contributed by atoms with Crippen LogP contribution in [0.25, 0.3) is 0 Å². The van der Waals surface area contributed by atoms with Gasteiger partial charge in [-0.3, -0.25) is 4.79 Å². The van der Waals surface area contributed by atoms with Crippen molar-refractivity contribution in [3.63, 3.8) is 0 Å². The first-order valence-electron chi connectivity index (χ1n) is 8.64. The molecule has 0 amide bonds. The maximum Gasteiger partial charge on any atom is 0.434 e. The summed E-state index contributed by atoms with van der Waals surface area (Å²) in [5.41, 5.74) is 0. The van der Waals surface area contributed by atoms with E-state index in [0.29, 0.717) is 0 Å². The van der Waals surface area contributed by atoms with Gasteiger partial charge in [-0.15, -0.1) is 0 Å². The summed E-state index contributed by atoms with van der Waals surface area (Å²) in [5.74, 6) is -3.60. The fraction of sp³-hybridized carbons (Fsp3) is 0.562. The lowest BCUT2D eigenvalue weighted by atomic mass is 9.92. The summed E-state index contributed by atoms with van der Waals surface area (Å²) in [7, 11) is -4.35. The Morgan fingerprint density at radius 3 is 2.42 bits per heavy atom. The molecule has 0 aliphatic carbocycles. The minimum atomic E-state index is -5.85. The van der Waals surface area contributed by atoms with Crippen LogP contribution in [0.3, 0.4) is 0 Å². The molecule has 6 nitrogen and oxygen atoms in total. The number of piperidine rings is 1. The molecule has 1 aliphatic heterocycles. The van der Waals surface area contributed by atoms with Gasteiger partial charge < -0.3 is 10.1 Å². The van der Waals surface area contributed by atoms with Crippen LogP contribution >= 0.6 is 11.6 Å². The number of sulfonamides is 1. The predicted molar refractivity (Wildman–Crippen MR) is 93.1 cm³/mol. The van der Waals surface area contributed by atoms with Crippen LogP contribution in [0.15, 0.2) is 23.1 Å². The number of benzene rings is 1. The summed E-state index contributed by atoms with van der Waals surface area (Å²) < 4.78 is 120. The van der Waals surface area contributed by atoms with Gasteiger partial charge in [0.15, 0.2) is 5.82 Å². The monoisotopic (exact) mass is 500 g/mol. The van der Waals surface area contributed by atoms with Crippen LogP contribution in [0.2, 0.25) is 5.02 Å². The van der Waals surface area contributed by atoms with Crippen LogP contribution in [0.1, 0.15) is 12.8 Å². The minimum absolute atomic E-state index is 0.000386. The number of carbonyl (C=O) groups is 1. The van der Waals surface area contributed by atoms with E-state index < -0.39 is 62.1 Å². The molecule has 0 spiro atoms. The van der Waals surface area contributed by atoms with Crippen molar-refractivity contribution in [2.45, 2.75) is 42.2 Å². The highest BCUT2D eigenvalue weighted by Crippen LogP contribution is 2.36. The van der Waals surface area contributed by atoms with Crippen molar-refractivity contribution in [3.05, 3.63) is 29.0 Å². The van der Waals surface area contributed by atoms with Gasteiger partial charge in [-0.25, -0.2) is 17.5 Å². The molecule has 1 saturated heterocycles. The third-order valence-corrected chi connectivity index (χ3v) is 6.13. The molecule has 1 aromatic carbocycles. The van der Waals surface area contributed by atoms with Crippen LogP contribution in [0.4, 0.5) is 30.7 Å². The first-order valence-corrected chi connectivity index (χ1v) is 10.5. The highest BCUT2D eigenvalue weighted by molar-refractivity contribution is 7.89. The molecule has 0 aromatic heterocycles. The van der Waals surface area contributed by atoms with E-state index in [1.807, 2.05) is 0 Å². The number of esters is 1. The van der Waals surface area contributed by atoms with E-state index in [1.165, 1.54) is 6.07 Å². The minimum Gasteiger partial charge on any atom is -0.442 e. The first kappa shape index (κ1) is 25.6. The summed E-state index contributed by atoms with van der Waals surface area (Å²) in [5, 5.41) is 2.00. The molecule has 0 bridgehead atoms. The maximum absolute atomic E-state index is 13.9. The summed E-state index contributed by atoms with van der Waals surface area (Å²) in [6, 6.07) is 1.78. The molecule has 2 rings (SSSR count). The molecule has 1 heterocycles. The Bertz CT molecular complexity index is 894. The Morgan fingerprint density at radius 2 is 1.84 bits per heavy atom. The van der Waals surface area contributed by atoms with Gasteiger partial charge in [0, 0.05) is 6.54 Å². The zero-order valence-corrected chi connectivity index (χ0v) is 16.9. The molecule has 15 heteroatoms. The second-order valence-electron chi connectivity index (χ2n) is 6.70. The number of carbonyl (C=O) groups excluding carboxylic acids is 1. The van der Waals surface area contributed by atoms with Gasteiger partial charge in [0.05, 0.1) is 5.02 Å². The second-order valence-corrected chi connectivity index (χ2v) is 8.84. The van der Waals surface area contributed by atoms with Gasteiger partial charge in [-0.1, -0.05) is 17.7 Å². The van der Waals surface area contributed by atoms with E-state index in [1.54, 1.807) is 0 Å². The van der Waals surface area contributed by atoms with Gasteiger partial charge in [-0.2, -0.15) is 26.3 Å². The van der Waals surface area contributed by atoms with E-state index in [0.717, 1.165) is 12.1 Å². The first-order chi connectivity index (χ1) is 14.1. The quantitative estimate of drug-likeness (QED) is 0.463. The van der Waals surface area contributed by atoms with Crippen LogP contribution in [0.5, 0.6) is 0 Å². The Hall–Kier alpha value is -1.64. The summed E-state index contributed by atoms with van der Waals surface area (Å²) >= 11 is 5.54. The van der Waals surface area contributed by atoms with E-state index >= 15 is 0 Å². The largest absolute Gasteiger partial charge is 0.442 e. The number of rotatable bonds is 6. The summed E-state index contributed by atoms with van der Waals surface area (Å²) in [4.78, 5) is 11.1. The fourth-order valence-corrected chi connectivity index (χ4v) is 4.32. The Balaban J connectivity index is 2.02. The molecule has 0 radical (unpaired) electrons. The number of hydrogen-bond acceptors (Lipinski definition) is 5. The lowest BCUT2D eigenvalue weighted by molar-refractivity contribution is -0.314. The number of alkyl halides is 6. The number of nitrogens with one attached hydrogen (secondary N) is 2. The number of ether oxygens (including phenoxy) is 1. The SMILES string of the molecule is O=C(OC(C(F)(F)F)C(F)(F)F)C1CC(CNS(=O)(=O)c2cccc(Cl)c2F)CCN1. The van der Waals surface area contributed by atoms with Crippen molar-refractivity contribution in [1.29, 1.82) is 0 Å². The Labute approximate surface area is 177 Å². The average Bonchev–Trinajstić information content (AvgIpc) is 2.64. The molecular formula is C16H16ClF7N2O4S. The van der Waals surface area contributed by atoms with Crippen LogP contribution in [-0.2, 0) is 19.6 Å². The van der Waals surface area contributed by atoms with E-state index in [4.69, 9.17) is 11.6 Å². The summed E-state index contributed by atoms with van der Waals surface area (Å²) in [6.07, 6.45) is -16.0. The normalized spacial score (nSPS) is 20.7. The number of hydrogen-bond donors (Lipinski definition) is 2. The van der Waals surface area contributed by atoms with Crippen molar-refractivity contribution < 1.29 is 48.7 Å². The van der Waals surface area contributed by atoms with Crippen molar-refractivity contribution in [3.8, 4) is 0 Å². The molecular weight excluding hydrogens is 485 g/mol. The van der Waals surface area contributed by atoms with E-state index in [-0.39, 0.29) is 25.9 Å². The topological polar surface area (TPSA) is 84.5 Å². The van der Waals surface area contributed by atoms with Crippen molar-refractivity contribution in [1.82, 2.24) is 10.0 Å². The van der Waals surface area contributed by atoms with Crippen LogP contribution < -0.4 is 10.0 Å². The lowest BCUT2D eigenvalue weighted by Gasteiger charge is -2.31. The van der Waals surface area contributed by atoms with Crippen LogP contribution in [-0.4, -0.2) is 52.0 Å². The average molecular weight is 501 g/mol. The zero-order chi connectivity index (χ0) is 23.6. The molecule has 176 valence electrons. The van der Waals surface area contributed by atoms with Gasteiger partial charge in [-0.05, 0) is 37.4 Å². The lowest BCUT2D eigenvalue weighted by Crippen LogP contribution is -2.51. The van der Waals surface area contributed by atoms with Crippen molar-refractivity contribution >= 4 is 27.6 Å². The molecule has 1 aromatic rings. The second kappa shape index (κ2) is 9.46. The molecule has 2 unspecified atom stereocenters. The van der Waals surface area contributed by atoms with Gasteiger partial charge in [0.25, 0.3) is 6.10 Å². The fourth-order valence-electron chi connectivity index (χ4n) is 2.88. The third kappa shape index (κ3) is 6.67.